The Bertz CT molecular complexity index is 815. The first-order valence-electron chi connectivity index (χ1n) is 6.94. The fourth-order valence-corrected chi connectivity index (χ4v) is 2.06. The van der Waals surface area contributed by atoms with E-state index in [0.29, 0.717) is 23.2 Å². The number of ether oxygens (including phenoxy) is 1. The van der Waals surface area contributed by atoms with Crippen LogP contribution < -0.4 is 4.74 Å². The Kier molecular flexibility index (Phi) is 4.28. The fourth-order valence-electron chi connectivity index (χ4n) is 2.06. The summed E-state index contributed by atoms with van der Waals surface area (Å²) in [6.45, 7) is 1.88. The number of hydrogen-bond acceptors (Lipinski definition) is 6. The third kappa shape index (κ3) is 3.34. The van der Waals surface area contributed by atoms with E-state index in [4.69, 9.17) is 9.57 Å². The van der Waals surface area contributed by atoms with E-state index in [0.717, 1.165) is 11.3 Å². The van der Waals surface area contributed by atoms with Crippen molar-refractivity contribution in [2.45, 2.75) is 6.92 Å². The number of oxime groups is 1. The van der Waals surface area contributed by atoms with Crippen LogP contribution in [0.3, 0.4) is 0 Å². The van der Waals surface area contributed by atoms with Crippen LogP contribution in [-0.4, -0.2) is 32.8 Å². The van der Waals surface area contributed by atoms with Crippen molar-refractivity contribution in [3.63, 3.8) is 0 Å². The van der Waals surface area contributed by atoms with Gasteiger partial charge in [0.2, 0.25) is 5.88 Å². The van der Waals surface area contributed by atoms with E-state index in [1.54, 1.807) is 18.5 Å². The number of aryl methyl sites for hydroxylation is 1. The van der Waals surface area contributed by atoms with Crippen LogP contribution in [-0.2, 0) is 4.84 Å². The molecule has 0 aliphatic carbocycles. The van der Waals surface area contributed by atoms with Gasteiger partial charge in [0.05, 0.1) is 5.56 Å². The van der Waals surface area contributed by atoms with Crippen molar-refractivity contribution in [1.29, 1.82) is 0 Å². The molecule has 3 rings (SSSR count). The minimum atomic E-state index is 0.459. The molecular weight excluding hydrogens is 294 g/mol. The first kappa shape index (κ1) is 14.7. The predicted molar refractivity (Wildman–Crippen MR) is 84.5 cm³/mol. The van der Waals surface area contributed by atoms with E-state index in [9.17, 15) is 0 Å². The van der Waals surface area contributed by atoms with Crippen LogP contribution >= 0.6 is 0 Å². The van der Waals surface area contributed by atoms with Crippen LogP contribution in [0.15, 0.2) is 54.2 Å². The topological polar surface area (TPSA) is 85.3 Å². The quantitative estimate of drug-likeness (QED) is 0.578. The maximum absolute atomic E-state index is 5.89. The lowest BCUT2D eigenvalue weighted by molar-refractivity contribution is 0.213. The second kappa shape index (κ2) is 6.69. The summed E-state index contributed by atoms with van der Waals surface area (Å²) in [5.74, 6) is 1.64. The molecule has 0 bridgehead atoms. The largest absolute Gasteiger partial charge is 0.438 e. The van der Waals surface area contributed by atoms with Crippen molar-refractivity contribution in [2.24, 2.45) is 5.16 Å². The van der Waals surface area contributed by atoms with Gasteiger partial charge in [-0.05, 0) is 19.1 Å². The number of aromatic amines is 1. The third-order valence-corrected chi connectivity index (χ3v) is 3.04. The van der Waals surface area contributed by atoms with Gasteiger partial charge >= 0.3 is 0 Å². The number of aromatic nitrogens is 4. The molecule has 0 aliphatic heterocycles. The van der Waals surface area contributed by atoms with Crippen LogP contribution in [0.4, 0.5) is 0 Å². The molecule has 7 nitrogen and oxygen atoms in total. The number of hydrogen-bond donors (Lipinski definition) is 1. The van der Waals surface area contributed by atoms with E-state index in [2.05, 4.69) is 25.1 Å². The molecule has 0 fully saturated rings. The number of nitrogens with zero attached hydrogens (tertiary/aromatic N) is 4. The van der Waals surface area contributed by atoms with Crippen LogP contribution in [0, 0.1) is 6.92 Å². The average molecular weight is 309 g/mol. The molecule has 2 aromatic heterocycles. The zero-order valence-electron chi connectivity index (χ0n) is 12.7. The SMILES string of the molecule is CO/N=C(/c1ncc[nH]1)c1ccccc1Oc1cc(C)ncn1. The summed E-state index contributed by atoms with van der Waals surface area (Å²) in [4.78, 5) is 20.4. The molecule has 1 N–H and O–H groups in total. The van der Waals surface area contributed by atoms with Gasteiger partial charge in [0.25, 0.3) is 0 Å². The van der Waals surface area contributed by atoms with Gasteiger partial charge in [-0.1, -0.05) is 17.3 Å². The van der Waals surface area contributed by atoms with E-state index >= 15 is 0 Å². The van der Waals surface area contributed by atoms with Gasteiger partial charge in [-0.3, -0.25) is 0 Å². The van der Waals surface area contributed by atoms with Gasteiger partial charge in [0.1, 0.15) is 19.2 Å². The molecule has 0 spiro atoms. The molecule has 0 radical (unpaired) electrons. The van der Waals surface area contributed by atoms with Gasteiger partial charge in [0, 0.05) is 24.2 Å². The van der Waals surface area contributed by atoms with Crippen molar-refractivity contribution in [2.75, 3.05) is 7.11 Å². The minimum absolute atomic E-state index is 0.459. The molecule has 0 atom stereocenters. The highest BCUT2D eigenvalue weighted by Crippen LogP contribution is 2.26. The molecule has 0 saturated heterocycles. The van der Waals surface area contributed by atoms with Crippen molar-refractivity contribution in [3.8, 4) is 11.6 Å². The summed E-state index contributed by atoms with van der Waals surface area (Å²) in [5.41, 5.74) is 2.10. The first-order chi connectivity index (χ1) is 11.3. The lowest BCUT2D eigenvalue weighted by Gasteiger charge is -2.11. The van der Waals surface area contributed by atoms with Crippen LogP contribution in [0.1, 0.15) is 17.1 Å². The lowest BCUT2D eigenvalue weighted by Crippen LogP contribution is -2.08. The van der Waals surface area contributed by atoms with Crippen molar-refractivity contribution < 1.29 is 9.57 Å². The van der Waals surface area contributed by atoms with Crippen LogP contribution in [0.25, 0.3) is 0 Å². The molecule has 0 amide bonds. The molecule has 116 valence electrons. The highest BCUT2D eigenvalue weighted by Gasteiger charge is 2.16. The predicted octanol–water partition coefficient (Wildman–Crippen LogP) is 2.70. The molecular formula is C16H15N5O2. The molecule has 7 heteroatoms. The average Bonchev–Trinajstić information content (AvgIpc) is 3.08. The number of nitrogens with one attached hydrogen (secondary N) is 1. The standard InChI is InChI=1S/C16H15N5O2/c1-11-9-14(20-10-19-11)23-13-6-4-3-5-12(13)15(21-22-2)16-17-7-8-18-16/h3-10H,1-2H3,(H,17,18)/b21-15+. The fraction of sp³-hybridized carbons (Fsp3) is 0.125. The summed E-state index contributed by atoms with van der Waals surface area (Å²) < 4.78 is 5.89. The van der Waals surface area contributed by atoms with E-state index in [-0.39, 0.29) is 0 Å². The molecule has 0 saturated carbocycles. The monoisotopic (exact) mass is 309 g/mol. The summed E-state index contributed by atoms with van der Waals surface area (Å²) in [5, 5.41) is 4.07. The highest BCUT2D eigenvalue weighted by molar-refractivity contribution is 6.12. The Balaban J connectivity index is 2.01. The molecule has 0 unspecified atom stereocenters. The highest BCUT2D eigenvalue weighted by atomic mass is 16.6. The molecule has 3 aromatic rings. The number of H-pyrrole nitrogens is 1. The van der Waals surface area contributed by atoms with Crippen LogP contribution in [0.5, 0.6) is 11.6 Å². The maximum Gasteiger partial charge on any atom is 0.222 e. The summed E-state index contributed by atoms with van der Waals surface area (Å²) in [6.07, 6.45) is 4.83. The Morgan fingerprint density at radius 1 is 1.17 bits per heavy atom. The Morgan fingerprint density at radius 3 is 2.78 bits per heavy atom. The summed E-state index contributed by atoms with van der Waals surface area (Å²) in [7, 11) is 1.49. The number of rotatable bonds is 5. The lowest BCUT2D eigenvalue weighted by atomic mass is 10.1. The van der Waals surface area contributed by atoms with Crippen molar-refractivity contribution >= 4 is 5.71 Å². The van der Waals surface area contributed by atoms with Gasteiger partial charge in [-0.25, -0.2) is 15.0 Å². The number of benzene rings is 1. The Morgan fingerprint density at radius 2 is 2.04 bits per heavy atom. The van der Waals surface area contributed by atoms with Gasteiger partial charge in [-0.2, -0.15) is 0 Å². The Labute approximate surface area is 133 Å². The smallest absolute Gasteiger partial charge is 0.222 e. The third-order valence-electron chi connectivity index (χ3n) is 3.04. The van der Waals surface area contributed by atoms with Crippen molar-refractivity contribution in [3.05, 3.63) is 66.1 Å². The zero-order valence-corrected chi connectivity index (χ0v) is 12.7. The molecule has 2 heterocycles. The van der Waals surface area contributed by atoms with Crippen LogP contribution in [0.2, 0.25) is 0 Å². The molecule has 0 aliphatic rings. The second-order valence-corrected chi connectivity index (χ2v) is 4.66. The van der Waals surface area contributed by atoms with E-state index in [1.165, 1.54) is 13.4 Å². The molecule has 1 aromatic carbocycles. The summed E-state index contributed by atoms with van der Waals surface area (Å²) in [6, 6.07) is 9.24. The Hall–Kier alpha value is -3.22. The number of imidazole rings is 1. The minimum Gasteiger partial charge on any atom is -0.438 e. The van der Waals surface area contributed by atoms with E-state index < -0.39 is 0 Å². The molecule has 23 heavy (non-hydrogen) atoms. The van der Waals surface area contributed by atoms with Gasteiger partial charge in [-0.15, -0.1) is 0 Å². The van der Waals surface area contributed by atoms with Gasteiger partial charge < -0.3 is 14.6 Å². The number of para-hydroxylation sites is 1. The van der Waals surface area contributed by atoms with Gasteiger partial charge in [0.15, 0.2) is 11.5 Å². The zero-order chi connectivity index (χ0) is 16.1. The second-order valence-electron chi connectivity index (χ2n) is 4.66. The summed E-state index contributed by atoms with van der Waals surface area (Å²) >= 11 is 0. The normalized spacial score (nSPS) is 11.3. The van der Waals surface area contributed by atoms with Crippen molar-refractivity contribution in [1.82, 2.24) is 19.9 Å². The van der Waals surface area contributed by atoms with E-state index in [1.807, 2.05) is 31.2 Å². The maximum atomic E-state index is 5.89. The first-order valence-corrected chi connectivity index (χ1v) is 6.94.